The van der Waals surface area contributed by atoms with Crippen molar-refractivity contribution >= 4 is 33.6 Å². The topological polar surface area (TPSA) is 119 Å². The fourth-order valence-electron chi connectivity index (χ4n) is 2.92. The molecule has 1 unspecified atom stereocenters. The minimum absolute atomic E-state index is 0.128. The summed E-state index contributed by atoms with van der Waals surface area (Å²) in [6.07, 6.45) is 0. The minimum Gasteiger partial charge on any atom is -0.465 e. The Morgan fingerprint density at radius 2 is 1.62 bits per heavy atom. The molecular formula is C23H27FN2O7S. The van der Waals surface area contributed by atoms with Gasteiger partial charge in [-0.05, 0) is 37.1 Å². The van der Waals surface area contributed by atoms with Crippen LogP contribution in [0.5, 0.6) is 0 Å². The van der Waals surface area contributed by atoms with Gasteiger partial charge < -0.3 is 9.47 Å². The number of sulfonamides is 1. The van der Waals surface area contributed by atoms with Crippen molar-refractivity contribution in [3.8, 4) is 0 Å². The third-order valence-electron chi connectivity index (χ3n) is 4.63. The van der Waals surface area contributed by atoms with Crippen molar-refractivity contribution < 1.29 is 36.7 Å². The smallest absolute Gasteiger partial charge is 0.326 e. The van der Waals surface area contributed by atoms with Crippen molar-refractivity contribution in [2.75, 3.05) is 24.7 Å². The zero-order valence-electron chi connectivity index (χ0n) is 19.1. The lowest BCUT2D eigenvalue weighted by atomic mass is 10.1. The second-order valence-electron chi connectivity index (χ2n) is 7.50. The minimum atomic E-state index is -4.38. The Hall–Kier alpha value is -3.31. The third-order valence-corrected chi connectivity index (χ3v) is 6.10. The molecule has 0 aliphatic heterocycles. The number of amides is 1. The molecule has 0 heterocycles. The molecule has 0 radical (unpaired) electrons. The molecule has 1 atom stereocenters. The Balaban J connectivity index is 2.14. The van der Waals surface area contributed by atoms with Crippen LogP contribution in [-0.4, -0.2) is 52.1 Å². The van der Waals surface area contributed by atoms with Crippen LogP contribution in [0.4, 0.5) is 10.1 Å². The second kappa shape index (κ2) is 12.2. The van der Waals surface area contributed by atoms with Crippen LogP contribution < -0.4 is 9.62 Å². The number of hydrogen-bond donors (Lipinski definition) is 1. The average molecular weight is 495 g/mol. The molecule has 1 N–H and O–H groups in total. The fourth-order valence-corrected chi connectivity index (χ4v) is 4.33. The number of ether oxygens (including phenoxy) is 2. The third kappa shape index (κ3) is 7.35. The number of nitrogens with zero attached hydrogens (tertiary/aromatic N) is 1. The average Bonchev–Trinajstić information content (AvgIpc) is 2.80. The maximum absolute atomic E-state index is 14.0. The van der Waals surface area contributed by atoms with Crippen molar-refractivity contribution in [3.05, 3.63) is 60.4 Å². The maximum atomic E-state index is 14.0. The van der Waals surface area contributed by atoms with Gasteiger partial charge in [-0.15, -0.1) is 0 Å². The number of halogens is 1. The molecule has 11 heteroatoms. The predicted molar refractivity (Wildman–Crippen MR) is 122 cm³/mol. The van der Waals surface area contributed by atoms with Gasteiger partial charge >= 0.3 is 11.9 Å². The molecule has 0 aliphatic rings. The Bertz CT molecular complexity index is 1110. The Morgan fingerprint density at radius 3 is 2.21 bits per heavy atom. The van der Waals surface area contributed by atoms with Gasteiger partial charge in [-0.3, -0.25) is 19.3 Å². The summed E-state index contributed by atoms with van der Waals surface area (Å²) in [5.41, 5.74) is 0.386. The van der Waals surface area contributed by atoms with Crippen LogP contribution in [0.25, 0.3) is 0 Å². The molecule has 0 saturated heterocycles. The highest BCUT2D eigenvalue weighted by Gasteiger charge is 2.32. The Morgan fingerprint density at radius 1 is 1.00 bits per heavy atom. The van der Waals surface area contributed by atoms with E-state index in [1.165, 1.54) is 12.1 Å². The van der Waals surface area contributed by atoms with Crippen LogP contribution in [-0.2, 0) is 33.9 Å². The normalized spacial score (nSPS) is 12.1. The van der Waals surface area contributed by atoms with Crippen molar-refractivity contribution in [1.29, 1.82) is 0 Å². The number of rotatable bonds is 11. The highest BCUT2D eigenvalue weighted by atomic mass is 32.2. The van der Waals surface area contributed by atoms with Gasteiger partial charge in [0.25, 0.3) is 5.91 Å². The number of carbonyl (C=O) groups excluding carboxylic acids is 3. The summed E-state index contributed by atoms with van der Waals surface area (Å²) in [6, 6.07) is 11.6. The Kier molecular flexibility index (Phi) is 9.69. The first-order valence-corrected chi connectivity index (χ1v) is 12.0. The van der Waals surface area contributed by atoms with E-state index in [1.807, 2.05) is 0 Å². The number of benzene rings is 2. The first-order valence-electron chi connectivity index (χ1n) is 10.5. The maximum Gasteiger partial charge on any atom is 0.326 e. The van der Waals surface area contributed by atoms with E-state index in [9.17, 15) is 27.2 Å². The monoisotopic (exact) mass is 494 g/mol. The summed E-state index contributed by atoms with van der Waals surface area (Å²) in [6.45, 7) is 3.73. The molecule has 2 aromatic carbocycles. The van der Waals surface area contributed by atoms with E-state index in [4.69, 9.17) is 9.47 Å². The molecule has 0 fully saturated rings. The quantitative estimate of drug-likeness (QED) is 0.476. The van der Waals surface area contributed by atoms with E-state index in [0.29, 0.717) is 5.69 Å². The molecule has 0 aromatic heterocycles. The van der Waals surface area contributed by atoms with Crippen LogP contribution in [0.3, 0.4) is 0 Å². The largest absolute Gasteiger partial charge is 0.465 e. The molecule has 2 rings (SSSR count). The molecule has 1 amide bonds. The van der Waals surface area contributed by atoms with Crippen LogP contribution in [0, 0.1) is 11.7 Å². The summed E-state index contributed by atoms with van der Waals surface area (Å²) < 4.78 is 51.3. The lowest BCUT2D eigenvalue weighted by Gasteiger charge is -2.24. The summed E-state index contributed by atoms with van der Waals surface area (Å²) in [7, 11) is -4.38. The van der Waals surface area contributed by atoms with E-state index in [2.05, 4.69) is 4.72 Å². The van der Waals surface area contributed by atoms with Crippen molar-refractivity contribution in [2.45, 2.75) is 31.7 Å². The highest BCUT2D eigenvalue weighted by Crippen LogP contribution is 2.17. The lowest BCUT2D eigenvalue weighted by Crippen LogP contribution is -2.46. The van der Waals surface area contributed by atoms with Crippen LogP contribution in [0.15, 0.2) is 59.5 Å². The van der Waals surface area contributed by atoms with Gasteiger partial charge in [0.1, 0.15) is 23.3 Å². The van der Waals surface area contributed by atoms with E-state index >= 15 is 0 Å². The fraction of sp³-hybridized carbons (Fsp3) is 0.348. The lowest BCUT2D eigenvalue weighted by molar-refractivity contribution is -0.150. The predicted octanol–water partition coefficient (Wildman–Crippen LogP) is 2.27. The highest BCUT2D eigenvalue weighted by molar-refractivity contribution is 7.89. The number of para-hydroxylation sites is 1. The number of hydrogen-bond acceptors (Lipinski definition) is 7. The summed E-state index contributed by atoms with van der Waals surface area (Å²) in [5, 5.41) is 0. The van der Waals surface area contributed by atoms with E-state index in [-0.39, 0.29) is 6.61 Å². The van der Waals surface area contributed by atoms with Gasteiger partial charge in [0.15, 0.2) is 6.61 Å². The molecule has 0 bridgehead atoms. The van der Waals surface area contributed by atoms with Crippen LogP contribution in [0.2, 0.25) is 0 Å². The molecule has 0 saturated carbocycles. The summed E-state index contributed by atoms with van der Waals surface area (Å²) in [5.74, 6) is -3.93. The van der Waals surface area contributed by atoms with Crippen molar-refractivity contribution in [1.82, 2.24) is 4.72 Å². The number of anilines is 1. The van der Waals surface area contributed by atoms with Gasteiger partial charge in [-0.2, -0.15) is 4.72 Å². The number of carbonyl (C=O) groups is 3. The van der Waals surface area contributed by atoms with Crippen LogP contribution >= 0.6 is 0 Å². The number of nitrogens with one attached hydrogen (secondary N) is 1. The second-order valence-corrected chi connectivity index (χ2v) is 9.18. The van der Waals surface area contributed by atoms with Crippen LogP contribution in [0.1, 0.15) is 20.8 Å². The first kappa shape index (κ1) is 26.9. The van der Waals surface area contributed by atoms with E-state index in [1.54, 1.807) is 51.1 Å². The zero-order valence-corrected chi connectivity index (χ0v) is 19.9. The molecule has 0 spiro atoms. The standard InChI is InChI=1S/C23H27FN2O7S/c1-4-32-21(28)14-26(17-10-6-5-7-11-17)20(27)15-33-23(29)22(16(2)3)25-34(30,31)19-13-9-8-12-18(19)24/h5-13,16,22,25H,4,14-15H2,1-3H3. The van der Waals surface area contributed by atoms with Gasteiger partial charge in [-0.1, -0.05) is 44.2 Å². The molecule has 9 nitrogen and oxygen atoms in total. The molecule has 184 valence electrons. The molecular weight excluding hydrogens is 467 g/mol. The van der Waals surface area contributed by atoms with Gasteiger partial charge in [0, 0.05) is 5.69 Å². The summed E-state index contributed by atoms with van der Waals surface area (Å²) in [4.78, 5) is 37.9. The zero-order chi connectivity index (χ0) is 25.3. The van der Waals surface area contributed by atoms with Crippen molar-refractivity contribution in [2.24, 2.45) is 5.92 Å². The summed E-state index contributed by atoms with van der Waals surface area (Å²) >= 11 is 0. The van der Waals surface area contributed by atoms with E-state index in [0.717, 1.165) is 17.0 Å². The van der Waals surface area contributed by atoms with E-state index < -0.39 is 63.7 Å². The molecule has 34 heavy (non-hydrogen) atoms. The molecule has 2 aromatic rings. The van der Waals surface area contributed by atoms with Gasteiger partial charge in [0.05, 0.1) is 6.61 Å². The first-order chi connectivity index (χ1) is 16.1. The SMILES string of the molecule is CCOC(=O)CN(C(=O)COC(=O)C(NS(=O)(=O)c1ccccc1F)C(C)C)c1ccccc1. The van der Waals surface area contributed by atoms with Gasteiger partial charge in [-0.25, -0.2) is 12.8 Å². The number of esters is 2. The Labute approximate surface area is 197 Å². The molecule has 0 aliphatic carbocycles. The van der Waals surface area contributed by atoms with Crippen molar-refractivity contribution in [3.63, 3.8) is 0 Å². The van der Waals surface area contributed by atoms with Gasteiger partial charge in [0.2, 0.25) is 10.0 Å².